The molecule has 2 rings (SSSR count). The molecule has 1 unspecified atom stereocenters. The Hall–Kier alpha value is -2.25. The van der Waals surface area contributed by atoms with E-state index in [1.165, 1.54) is 0 Å². The van der Waals surface area contributed by atoms with E-state index in [0.717, 1.165) is 16.2 Å². The Morgan fingerprint density at radius 2 is 1.67 bits per heavy atom. The third kappa shape index (κ3) is 5.87. The van der Waals surface area contributed by atoms with Crippen LogP contribution in [0.1, 0.15) is 6.92 Å². The number of sulfonamides is 1. The Labute approximate surface area is 165 Å². The summed E-state index contributed by atoms with van der Waals surface area (Å²) in [6.07, 6.45) is 1.08. The van der Waals surface area contributed by atoms with Gasteiger partial charge in [-0.15, -0.1) is 0 Å². The molecule has 1 N–H and O–H groups in total. The molecule has 0 aliphatic rings. The minimum absolute atomic E-state index is 0.364. The van der Waals surface area contributed by atoms with Crippen LogP contribution in [0.4, 0.5) is 11.4 Å². The number of rotatable bonds is 8. The predicted octanol–water partition coefficient (Wildman–Crippen LogP) is 2.75. The first kappa shape index (κ1) is 21.1. The van der Waals surface area contributed by atoms with Crippen molar-refractivity contribution in [2.45, 2.75) is 13.0 Å². The van der Waals surface area contributed by atoms with Gasteiger partial charge in [-0.05, 0) is 43.3 Å². The van der Waals surface area contributed by atoms with Gasteiger partial charge in [-0.1, -0.05) is 29.8 Å². The molecule has 2 aromatic rings. The molecule has 0 heterocycles. The molecular formula is C19H24ClN3O3S. The number of benzene rings is 2. The highest BCUT2D eigenvalue weighted by molar-refractivity contribution is 7.92. The molecule has 0 aliphatic heterocycles. The standard InChI is InChI=1S/C19H24ClN3O3S/c1-15(23(27(3,25)26)18-11-9-16(20)10-12-18)19(24)21-13-14-22(2)17-7-5-4-6-8-17/h4-12,15H,13-14H2,1-3H3,(H,21,24). The van der Waals surface area contributed by atoms with Crippen LogP contribution >= 0.6 is 11.6 Å². The first-order valence-electron chi connectivity index (χ1n) is 8.49. The van der Waals surface area contributed by atoms with E-state index in [-0.39, 0.29) is 5.91 Å². The summed E-state index contributed by atoms with van der Waals surface area (Å²) in [6, 6.07) is 15.3. The lowest BCUT2D eigenvalue weighted by Gasteiger charge is -2.28. The van der Waals surface area contributed by atoms with Crippen LogP contribution in [0.5, 0.6) is 0 Å². The summed E-state index contributed by atoms with van der Waals surface area (Å²) in [5, 5.41) is 3.30. The molecule has 146 valence electrons. The second-order valence-corrected chi connectivity index (χ2v) is 8.56. The van der Waals surface area contributed by atoms with E-state index in [2.05, 4.69) is 5.32 Å². The summed E-state index contributed by atoms with van der Waals surface area (Å²) in [7, 11) is -1.71. The maximum Gasteiger partial charge on any atom is 0.243 e. The fourth-order valence-corrected chi connectivity index (χ4v) is 4.00. The van der Waals surface area contributed by atoms with Crippen LogP contribution < -0.4 is 14.5 Å². The first-order chi connectivity index (χ1) is 12.7. The Kier molecular flexibility index (Phi) is 7.10. The van der Waals surface area contributed by atoms with Crippen LogP contribution in [0, 0.1) is 0 Å². The number of hydrogen-bond donors (Lipinski definition) is 1. The molecule has 2 aromatic carbocycles. The highest BCUT2D eigenvalue weighted by Gasteiger charge is 2.28. The molecule has 0 aromatic heterocycles. The van der Waals surface area contributed by atoms with Crippen molar-refractivity contribution < 1.29 is 13.2 Å². The highest BCUT2D eigenvalue weighted by Crippen LogP contribution is 2.23. The third-order valence-electron chi connectivity index (χ3n) is 4.11. The first-order valence-corrected chi connectivity index (χ1v) is 10.7. The number of para-hydroxylation sites is 1. The number of hydrogen-bond acceptors (Lipinski definition) is 4. The zero-order valence-electron chi connectivity index (χ0n) is 15.6. The molecule has 8 heteroatoms. The molecule has 0 aliphatic carbocycles. The minimum Gasteiger partial charge on any atom is -0.373 e. The Bertz CT molecular complexity index is 858. The van der Waals surface area contributed by atoms with Gasteiger partial charge in [0.15, 0.2) is 0 Å². The smallest absolute Gasteiger partial charge is 0.243 e. The van der Waals surface area contributed by atoms with Gasteiger partial charge < -0.3 is 10.2 Å². The second-order valence-electron chi connectivity index (χ2n) is 6.26. The van der Waals surface area contributed by atoms with E-state index in [9.17, 15) is 13.2 Å². The van der Waals surface area contributed by atoms with Crippen molar-refractivity contribution in [3.8, 4) is 0 Å². The lowest BCUT2D eigenvalue weighted by atomic mass is 10.2. The van der Waals surface area contributed by atoms with Gasteiger partial charge in [-0.2, -0.15) is 0 Å². The fourth-order valence-electron chi connectivity index (χ4n) is 2.70. The van der Waals surface area contributed by atoms with Crippen LogP contribution in [0.15, 0.2) is 54.6 Å². The monoisotopic (exact) mass is 409 g/mol. The normalized spacial score (nSPS) is 12.3. The molecule has 0 spiro atoms. The van der Waals surface area contributed by atoms with Gasteiger partial charge in [0.1, 0.15) is 6.04 Å². The van der Waals surface area contributed by atoms with E-state index in [1.54, 1.807) is 31.2 Å². The Morgan fingerprint density at radius 1 is 1.07 bits per heavy atom. The van der Waals surface area contributed by atoms with Crippen LogP contribution in [0.3, 0.4) is 0 Å². The van der Waals surface area contributed by atoms with Gasteiger partial charge in [0, 0.05) is 30.8 Å². The number of amides is 1. The van der Waals surface area contributed by atoms with Crippen molar-refractivity contribution >= 4 is 38.9 Å². The number of carbonyl (C=O) groups is 1. The van der Waals surface area contributed by atoms with Crippen LogP contribution in [0.25, 0.3) is 0 Å². The number of anilines is 2. The predicted molar refractivity (Wildman–Crippen MR) is 111 cm³/mol. The summed E-state index contributed by atoms with van der Waals surface area (Å²) in [5.41, 5.74) is 1.43. The van der Waals surface area contributed by atoms with Crippen LogP contribution in [-0.4, -0.2) is 46.8 Å². The van der Waals surface area contributed by atoms with Crippen molar-refractivity contribution in [3.63, 3.8) is 0 Å². The zero-order valence-corrected chi connectivity index (χ0v) is 17.2. The number of halogens is 1. The maximum atomic E-state index is 12.5. The number of nitrogens with zero attached hydrogens (tertiary/aromatic N) is 2. The number of nitrogens with one attached hydrogen (secondary N) is 1. The maximum absolute atomic E-state index is 12.5. The number of likely N-dealkylation sites (N-methyl/N-ethyl adjacent to an activating group) is 1. The quantitative estimate of drug-likeness (QED) is 0.727. The molecule has 0 saturated heterocycles. The molecule has 27 heavy (non-hydrogen) atoms. The van der Waals surface area contributed by atoms with E-state index in [1.807, 2.05) is 42.3 Å². The van der Waals surface area contributed by atoms with Gasteiger partial charge >= 0.3 is 0 Å². The molecule has 0 radical (unpaired) electrons. The third-order valence-corrected chi connectivity index (χ3v) is 5.61. The van der Waals surface area contributed by atoms with Gasteiger partial charge in [-0.25, -0.2) is 8.42 Å². The SMILES string of the molecule is CC(C(=O)NCCN(C)c1ccccc1)N(c1ccc(Cl)cc1)S(C)(=O)=O. The van der Waals surface area contributed by atoms with Crippen LogP contribution in [0.2, 0.25) is 5.02 Å². The lowest BCUT2D eigenvalue weighted by molar-refractivity contribution is -0.121. The van der Waals surface area contributed by atoms with E-state index < -0.39 is 16.1 Å². The van der Waals surface area contributed by atoms with E-state index >= 15 is 0 Å². The molecule has 6 nitrogen and oxygen atoms in total. The van der Waals surface area contributed by atoms with Crippen LogP contribution in [-0.2, 0) is 14.8 Å². The largest absolute Gasteiger partial charge is 0.373 e. The molecule has 0 saturated carbocycles. The Balaban J connectivity index is 2.01. The molecule has 1 amide bonds. The minimum atomic E-state index is -3.64. The molecular weight excluding hydrogens is 386 g/mol. The average molecular weight is 410 g/mol. The van der Waals surface area contributed by atoms with Crippen molar-refractivity contribution in [3.05, 3.63) is 59.6 Å². The summed E-state index contributed by atoms with van der Waals surface area (Å²) in [6.45, 7) is 2.56. The zero-order chi connectivity index (χ0) is 20.0. The summed E-state index contributed by atoms with van der Waals surface area (Å²) >= 11 is 5.87. The van der Waals surface area contributed by atoms with Crippen molar-refractivity contribution in [2.24, 2.45) is 0 Å². The highest BCUT2D eigenvalue weighted by atomic mass is 35.5. The second kappa shape index (κ2) is 9.10. The Morgan fingerprint density at radius 3 is 2.22 bits per heavy atom. The van der Waals surface area contributed by atoms with Crippen molar-refractivity contribution in [1.82, 2.24) is 5.32 Å². The van der Waals surface area contributed by atoms with Crippen molar-refractivity contribution in [2.75, 3.05) is 35.6 Å². The van der Waals surface area contributed by atoms with Gasteiger partial charge in [0.2, 0.25) is 15.9 Å². The number of carbonyl (C=O) groups excluding carboxylic acids is 1. The summed E-state index contributed by atoms with van der Waals surface area (Å²) in [5.74, 6) is -0.364. The summed E-state index contributed by atoms with van der Waals surface area (Å²) < 4.78 is 25.6. The van der Waals surface area contributed by atoms with Gasteiger partial charge in [0.05, 0.1) is 11.9 Å². The fraction of sp³-hybridized carbons (Fsp3) is 0.316. The molecule has 0 fully saturated rings. The van der Waals surface area contributed by atoms with E-state index in [4.69, 9.17) is 11.6 Å². The summed E-state index contributed by atoms with van der Waals surface area (Å²) in [4.78, 5) is 14.5. The lowest BCUT2D eigenvalue weighted by Crippen LogP contribution is -2.49. The molecule has 0 bridgehead atoms. The van der Waals surface area contributed by atoms with E-state index in [0.29, 0.717) is 23.8 Å². The average Bonchev–Trinajstić information content (AvgIpc) is 2.63. The van der Waals surface area contributed by atoms with Gasteiger partial charge in [-0.3, -0.25) is 9.10 Å². The topological polar surface area (TPSA) is 69.7 Å². The van der Waals surface area contributed by atoms with Crippen molar-refractivity contribution in [1.29, 1.82) is 0 Å². The molecule has 1 atom stereocenters. The van der Waals surface area contributed by atoms with Gasteiger partial charge in [0.25, 0.3) is 0 Å².